The van der Waals surface area contributed by atoms with Crippen molar-refractivity contribution < 1.29 is 9.59 Å². The average molecular weight is 541 g/mol. The minimum atomic E-state index is -1.17. The number of likely N-dealkylation sites (tertiary alicyclic amines) is 1. The Morgan fingerprint density at radius 3 is 2.37 bits per heavy atom. The lowest BCUT2D eigenvalue weighted by atomic mass is 9.70. The number of hydrogen-bond donors (Lipinski definition) is 0. The second kappa shape index (κ2) is 9.70. The van der Waals surface area contributed by atoms with E-state index in [1.807, 2.05) is 110 Å². The molecule has 2 aliphatic heterocycles. The minimum Gasteiger partial charge on any atom is -0.306 e. The van der Waals surface area contributed by atoms with Gasteiger partial charge in [-0.15, -0.1) is 0 Å². The summed E-state index contributed by atoms with van der Waals surface area (Å²) < 4.78 is 0. The van der Waals surface area contributed by atoms with Gasteiger partial charge >= 0.3 is 0 Å². The van der Waals surface area contributed by atoms with Gasteiger partial charge in [0.1, 0.15) is 5.54 Å². The van der Waals surface area contributed by atoms with E-state index < -0.39 is 11.5 Å². The van der Waals surface area contributed by atoms with Crippen LogP contribution in [0, 0.1) is 5.92 Å². The number of amides is 1. The van der Waals surface area contributed by atoms with E-state index in [0.717, 1.165) is 22.4 Å². The van der Waals surface area contributed by atoms with Crippen LogP contribution in [-0.2, 0) is 16.9 Å². The standard InChI is InChI=1S/C32H26Cl2N2O2/c1-35-20-25(22-13-9-14-24(33)18-22)29(30(37)21-10-3-2-4-11-21)32(35)26-15-6-8-17-28(26)36(31(32)38)19-23-12-5-7-16-27(23)34/h2-18,25,29H,19-20H2,1H3/t25-,29+,32+/m1/s1. The van der Waals surface area contributed by atoms with Crippen molar-refractivity contribution >= 4 is 40.6 Å². The number of likely N-dealkylation sites (N-methyl/N-ethyl adjacent to an activating group) is 1. The van der Waals surface area contributed by atoms with Crippen LogP contribution in [0.5, 0.6) is 0 Å². The number of rotatable bonds is 5. The number of hydrogen-bond acceptors (Lipinski definition) is 3. The molecule has 6 heteroatoms. The predicted molar refractivity (Wildman–Crippen MR) is 152 cm³/mol. The molecule has 1 amide bonds. The summed E-state index contributed by atoms with van der Waals surface area (Å²) in [6, 6.07) is 32.3. The highest BCUT2D eigenvalue weighted by Gasteiger charge is 2.66. The number of halogens is 2. The van der Waals surface area contributed by atoms with Crippen molar-refractivity contribution in [3.63, 3.8) is 0 Å². The summed E-state index contributed by atoms with van der Waals surface area (Å²) >= 11 is 12.9. The third-order valence-corrected chi connectivity index (χ3v) is 8.61. The van der Waals surface area contributed by atoms with Crippen molar-refractivity contribution in [2.75, 3.05) is 18.5 Å². The lowest BCUT2D eigenvalue weighted by molar-refractivity contribution is -0.129. The van der Waals surface area contributed by atoms with Gasteiger partial charge in [0.05, 0.1) is 12.5 Å². The predicted octanol–water partition coefficient (Wildman–Crippen LogP) is 6.96. The fourth-order valence-electron chi connectivity index (χ4n) is 6.35. The number of carbonyl (C=O) groups excluding carboxylic acids is 2. The van der Waals surface area contributed by atoms with Gasteiger partial charge < -0.3 is 4.90 Å². The molecule has 3 atom stereocenters. The monoisotopic (exact) mass is 540 g/mol. The molecule has 0 unspecified atom stereocenters. The molecule has 38 heavy (non-hydrogen) atoms. The van der Waals surface area contributed by atoms with Gasteiger partial charge in [-0.05, 0) is 42.4 Å². The molecule has 0 saturated carbocycles. The second-order valence-electron chi connectivity index (χ2n) is 10.0. The van der Waals surface area contributed by atoms with Crippen molar-refractivity contribution in [2.24, 2.45) is 5.92 Å². The third-order valence-electron chi connectivity index (χ3n) is 8.01. The number of anilines is 1. The smallest absolute Gasteiger partial charge is 0.253 e. The summed E-state index contributed by atoms with van der Waals surface area (Å²) in [4.78, 5) is 33.1. The van der Waals surface area contributed by atoms with E-state index in [9.17, 15) is 9.59 Å². The zero-order valence-electron chi connectivity index (χ0n) is 20.9. The van der Waals surface area contributed by atoms with Crippen LogP contribution in [0.15, 0.2) is 103 Å². The first-order chi connectivity index (χ1) is 18.4. The molecular formula is C32H26Cl2N2O2. The Labute approximate surface area is 232 Å². The molecule has 1 saturated heterocycles. The van der Waals surface area contributed by atoms with Gasteiger partial charge in [0, 0.05) is 39.3 Å². The largest absolute Gasteiger partial charge is 0.306 e. The third kappa shape index (κ3) is 3.79. The molecule has 2 aliphatic rings. The molecule has 4 aromatic rings. The van der Waals surface area contributed by atoms with Crippen LogP contribution in [0.4, 0.5) is 5.69 Å². The van der Waals surface area contributed by atoms with Crippen molar-refractivity contribution in [2.45, 2.75) is 18.0 Å². The van der Waals surface area contributed by atoms with E-state index in [-0.39, 0.29) is 17.6 Å². The minimum absolute atomic E-state index is 0.0531. The molecule has 1 fully saturated rings. The lowest BCUT2D eigenvalue weighted by Crippen LogP contribution is -2.53. The summed E-state index contributed by atoms with van der Waals surface area (Å²) in [7, 11) is 1.95. The van der Waals surface area contributed by atoms with Crippen molar-refractivity contribution in [3.05, 3.63) is 135 Å². The van der Waals surface area contributed by atoms with E-state index in [4.69, 9.17) is 23.2 Å². The van der Waals surface area contributed by atoms with Crippen molar-refractivity contribution in [3.8, 4) is 0 Å². The fourth-order valence-corrected chi connectivity index (χ4v) is 6.74. The highest BCUT2D eigenvalue weighted by molar-refractivity contribution is 6.31. The van der Waals surface area contributed by atoms with Crippen LogP contribution in [-0.4, -0.2) is 30.2 Å². The Hall–Kier alpha value is -3.44. The van der Waals surface area contributed by atoms with Gasteiger partial charge in [-0.25, -0.2) is 0 Å². The molecule has 0 N–H and O–H groups in total. The van der Waals surface area contributed by atoms with Gasteiger partial charge in [-0.1, -0.05) is 102 Å². The highest BCUT2D eigenvalue weighted by Crippen LogP contribution is 2.57. The Morgan fingerprint density at radius 2 is 1.61 bits per heavy atom. The zero-order chi connectivity index (χ0) is 26.4. The van der Waals surface area contributed by atoms with Gasteiger partial charge in [0.25, 0.3) is 5.91 Å². The molecule has 190 valence electrons. The molecule has 4 aromatic carbocycles. The molecule has 2 heterocycles. The number of ketones is 1. The Balaban J connectivity index is 1.55. The maximum atomic E-state index is 14.8. The lowest BCUT2D eigenvalue weighted by Gasteiger charge is -2.36. The number of para-hydroxylation sites is 1. The summed E-state index contributed by atoms with van der Waals surface area (Å²) in [5.41, 5.74) is 2.88. The van der Waals surface area contributed by atoms with Crippen LogP contribution >= 0.6 is 23.2 Å². The van der Waals surface area contributed by atoms with Crippen LogP contribution in [0.25, 0.3) is 0 Å². The summed E-state index contributed by atoms with van der Waals surface area (Å²) in [6.07, 6.45) is 0. The molecule has 0 aromatic heterocycles. The first-order valence-corrected chi connectivity index (χ1v) is 13.4. The number of fused-ring (bicyclic) bond motifs is 2. The Morgan fingerprint density at radius 1 is 0.895 bits per heavy atom. The van der Waals surface area contributed by atoms with Crippen LogP contribution < -0.4 is 4.90 Å². The highest BCUT2D eigenvalue weighted by atomic mass is 35.5. The van der Waals surface area contributed by atoms with Crippen LogP contribution in [0.1, 0.15) is 33.0 Å². The number of carbonyl (C=O) groups is 2. The maximum absolute atomic E-state index is 14.8. The zero-order valence-corrected chi connectivity index (χ0v) is 22.4. The molecule has 4 nitrogen and oxygen atoms in total. The number of benzene rings is 4. The van der Waals surface area contributed by atoms with Gasteiger partial charge in [0.15, 0.2) is 5.78 Å². The summed E-state index contributed by atoms with van der Waals surface area (Å²) in [6.45, 7) is 0.850. The quantitative estimate of drug-likeness (QED) is 0.257. The summed E-state index contributed by atoms with van der Waals surface area (Å²) in [5.74, 6) is -1.05. The van der Waals surface area contributed by atoms with E-state index in [1.165, 1.54) is 0 Å². The maximum Gasteiger partial charge on any atom is 0.253 e. The number of Topliss-reactive ketones (excluding diaryl/α,β-unsaturated/α-hetero) is 1. The first-order valence-electron chi connectivity index (χ1n) is 12.6. The molecule has 0 aliphatic carbocycles. The van der Waals surface area contributed by atoms with E-state index in [1.54, 1.807) is 4.90 Å². The average Bonchev–Trinajstić information content (AvgIpc) is 3.38. The molecular weight excluding hydrogens is 515 g/mol. The second-order valence-corrected chi connectivity index (χ2v) is 10.9. The number of nitrogens with zero attached hydrogens (tertiary/aromatic N) is 2. The van der Waals surface area contributed by atoms with Crippen LogP contribution in [0.3, 0.4) is 0 Å². The van der Waals surface area contributed by atoms with E-state index in [2.05, 4.69) is 4.90 Å². The van der Waals surface area contributed by atoms with E-state index in [0.29, 0.717) is 28.7 Å². The van der Waals surface area contributed by atoms with Gasteiger partial charge in [0.2, 0.25) is 0 Å². The SMILES string of the molecule is CN1C[C@H](c2cccc(Cl)c2)[C@@H](C(=O)c2ccccc2)[C@@]12C(=O)N(Cc1ccccc1Cl)c1ccccc12. The van der Waals surface area contributed by atoms with Crippen molar-refractivity contribution in [1.29, 1.82) is 0 Å². The molecule has 0 bridgehead atoms. The summed E-state index contributed by atoms with van der Waals surface area (Å²) in [5, 5.41) is 1.21. The molecule has 0 radical (unpaired) electrons. The van der Waals surface area contributed by atoms with Crippen molar-refractivity contribution in [1.82, 2.24) is 4.90 Å². The van der Waals surface area contributed by atoms with Gasteiger partial charge in [-0.2, -0.15) is 0 Å². The molecule has 1 spiro atoms. The van der Waals surface area contributed by atoms with Gasteiger partial charge in [-0.3, -0.25) is 14.5 Å². The molecule has 6 rings (SSSR count). The fraction of sp³-hybridized carbons (Fsp3) is 0.188. The normalized spacial score (nSPS) is 22.7. The van der Waals surface area contributed by atoms with E-state index >= 15 is 0 Å². The Kier molecular flexibility index (Phi) is 6.35. The van der Waals surface area contributed by atoms with Crippen LogP contribution in [0.2, 0.25) is 10.0 Å². The first kappa shape index (κ1) is 24.9. The topological polar surface area (TPSA) is 40.6 Å². The Bertz CT molecular complexity index is 1540.